The molecule has 3 heteroatoms. The number of hydrogen-bond acceptors (Lipinski definition) is 3. The van der Waals surface area contributed by atoms with Gasteiger partial charge in [0.25, 0.3) is 0 Å². The van der Waals surface area contributed by atoms with E-state index in [1.54, 1.807) is 0 Å². The summed E-state index contributed by atoms with van der Waals surface area (Å²) in [6, 6.07) is 0. The Morgan fingerprint density at radius 1 is 1.62 bits per heavy atom. The predicted molar refractivity (Wildman–Crippen MR) is 55.9 cm³/mol. The Hall–Kier alpha value is -0.960. The summed E-state index contributed by atoms with van der Waals surface area (Å²) in [6.07, 6.45) is 8.42. The Bertz CT molecular complexity index is 208. The van der Waals surface area contributed by atoms with Crippen molar-refractivity contribution in [2.45, 2.75) is 25.9 Å². The third kappa shape index (κ3) is 2.77. The van der Waals surface area contributed by atoms with Crippen LogP contribution in [0.25, 0.3) is 0 Å². The van der Waals surface area contributed by atoms with Crippen molar-refractivity contribution in [3.8, 4) is 0 Å². The van der Waals surface area contributed by atoms with Crippen LogP contribution in [-0.2, 0) is 0 Å². The van der Waals surface area contributed by atoms with Crippen molar-refractivity contribution < 1.29 is 0 Å². The second kappa shape index (κ2) is 4.92. The van der Waals surface area contributed by atoms with Gasteiger partial charge < -0.3 is 11.1 Å². The molecule has 0 aromatic rings. The molecule has 1 atom stereocenters. The molecule has 1 aliphatic rings. The highest BCUT2D eigenvalue weighted by molar-refractivity contribution is 5.19. The van der Waals surface area contributed by atoms with Gasteiger partial charge in [0.15, 0.2) is 0 Å². The zero-order valence-corrected chi connectivity index (χ0v) is 8.46. The molecule has 1 rings (SSSR count). The third-order valence-electron chi connectivity index (χ3n) is 2.26. The van der Waals surface area contributed by atoms with Gasteiger partial charge in [-0.1, -0.05) is 13.3 Å². The monoisotopic (exact) mass is 181 g/mol. The average molecular weight is 181 g/mol. The highest BCUT2D eigenvalue weighted by Crippen LogP contribution is 2.06. The van der Waals surface area contributed by atoms with Gasteiger partial charge in [-0.2, -0.15) is 0 Å². The molecule has 0 fully saturated rings. The molecule has 0 aromatic heterocycles. The average Bonchev–Trinajstić information content (AvgIpc) is 2.15. The number of likely N-dealkylation sites (N-methyl/N-ethyl adjacent to an activating group) is 1. The fourth-order valence-corrected chi connectivity index (χ4v) is 1.41. The molecule has 0 saturated carbocycles. The number of nitrogens with one attached hydrogen (secondary N) is 1. The Morgan fingerprint density at radius 3 is 3.00 bits per heavy atom. The molecule has 0 radical (unpaired) electrons. The Balaban J connectivity index is 2.42. The van der Waals surface area contributed by atoms with E-state index >= 15 is 0 Å². The zero-order valence-electron chi connectivity index (χ0n) is 8.46. The standard InChI is InChI=1S/C10H19N3/c1-3-4-8-13(2)10-9(11)6-5-7-12-10/h5-7,10,12H,3-4,8,11H2,1-2H3. The molecule has 0 amide bonds. The molecular formula is C10H19N3. The van der Waals surface area contributed by atoms with Crippen molar-refractivity contribution in [2.24, 2.45) is 5.73 Å². The summed E-state index contributed by atoms with van der Waals surface area (Å²) < 4.78 is 0. The second-order valence-electron chi connectivity index (χ2n) is 3.43. The number of unbranched alkanes of at least 4 members (excludes halogenated alkanes) is 1. The number of nitrogens with two attached hydrogens (primary N) is 1. The fourth-order valence-electron chi connectivity index (χ4n) is 1.41. The van der Waals surface area contributed by atoms with Crippen LogP contribution in [0.1, 0.15) is 19.8 Å². The van der Waals surface area contributed by atoms with E-state index in [-0.39, 0.29) is 6.17 Å². The summed E-state index contributed by atoms with van der Waals surface area (Å²) in [6.45, 7) is 3.28. The lowest BCUT2D eigenvalue weighted by Crippen LogP contribution is -2.46. The smallest absolute Gasteiger partial charge is 0.120 e. The number of rotatable bonds is 4. The van der Waals surface area contributed by atoms with E-state index in [4.69, 9.17) is 5.73 Å². The van der Waals surface area contributed by atoms with Gasteiger partial charge >= 0.3 is 0 Å². The summed E-state index contributed by atoms with van der Waals surface area (Å²) in [5.41, 5.74) is 6.75. The van der Waals surface area contributed by atoms with Gasteiger partial charge in [-0.15, -0.1) is 0 Å². The first-order valence-corrected chi connectivity index (χ1v) is 4.84. The lowest BCUT2D eigenvalue weighted by atomic mass is 10.2. The topological polar surface area (TPSA) is 41.3 Å². The van der Waals surface area contributed by atoms with Crippen LogP contribution in [0.5, 0.6) is 0 Å². The Labute approximate surface area is 80.3 Å². The van der Waals surface area contributed by atoms with Crippen LogP contribution in [-0.4, -0.2) is 24.7 Å². The first kappa shape index (κ1) is 10.1. The molecule has 0 aliphatic carbocycles. The minimum Gasteiger partial charge on any atom is -0.399 e. The predicted octanol–water partition coefficient (Wildman–Crippen LogP) is 1.00. The first-order valence-electron chi connectivity index (χ1n) is 4.84. The largest absolute Gasteiger partial charge is 0.399 e. The van der Waals surface area contributed by atoms with Gasteiger partial charge in [-0.05, 0) is 31.8 Å². The fraction of sp³-hybridized carbons (Fsp3) is 0.600. The maximum atomic E-state index is 5.86. The van der Waals surface area contributed by atoms with Crippen molar-refractivity contribution in [1.82, 2.24) is 10.2 Å². The van der Waals surface area contributed by atoms with Crippen LogP contribution in [0.4, 0.5) is 0 Å². The highest BCUT2D eigenvalue weighted by atomic mass is 15.3. The number of hydrogen-bond donors (Lipinski definition) is 2. The van der Waals surface area contributed by atoms with Crippen molar-refractivity contribution in [1.29, 1.82) is 0 Å². The van der Waals surface area contributed by atoms with Gasteiger partial charge in [0.2, 0.25) is 0 Å². The van der Waals surface area contributed by atoms with Gasteiger partial charge in [-0.25, -0.2) is 0 Å². The molecule has 3 N–H and O–H groups in total. The van der Waals surface area contributed by atoms with Crippen molar-refractivity contribution in [3.63, 3.8) is 0 Å². The van der Waals surface area contributed by atoms with Crippen LogP contribution in [0.3, 0.4) is 0 Å². The molecule has 0 bridgehead atoms. The van der Waals surface area contributed by atoms with Gasteiger partial charge in [-0.3, -0.25) is 4.90 Å². The van der Waals surface area contributed by atoms with E-state index in [1.165, 1.54) is 12.8 Å². The zero-order chi connectivity index (χ0) is 9.68. The Kier molecular flexibility index (Phi) is 3.83. The first-order chi connectivity index (χ1) is 6.25. The SMILES string of the molecule is CCCCN(C)C1NC=CC=C1N. The van der Waals surface area contributed by atoms with E-state index in [9.17, 15) is 0 Å². The number of nitrogens with zero attached hydrogens (tertiary/aromatic N) is 1. The summed E-state index contributed by atoms with van der Waals surface area (Å²) in [5.74, 6) is 0. The van der Waals surface area contributed by atoms with E-state index in [1.807, 2.05) is 18.4 Å². The maximum absolute atomic E-state index is 5.86. The van der Waals surface area contributed by atoms with Gasteiger partial charge in [0.1, 0.15) is 6.17 Å². The molecule has 1 heterocycles. The third-order valence-corrected chi connectivity index (χ3v) is 2.26. The molecule has 13 heavy (non-hydrogen) atoms. The summed E-state index contributed by atoms with van der Waals surface area (Å²) in [5, 5.41) is 3.23. The summed E-state index contributed by atoms with van der Waals surface area (Å²) in [4.78, 5) is 2.23. The molecule has 0 aromatic carbocycles. The minimum absolute atomic E-state index is 0.177. The highest BCUT2D eigenvalue weighted by Gasteiger charge is 2.15. The number of allylic oxidation sites excluding steroid dienone is 2. The van der Waals surface area contributed by atoms with Crippen molar-refractivity contribution in [2.75, 3.05) is 13.6 Å². The lowest BCUT2D eigenvalue weighted by molar-refractivity contribution is 0.244. The molecule has 0 saturated heterocycles. The van der Waals surface area contributed by atoms with E-state index in [0.29, 0.717) is 0 Å². The molecular weight excluding hydrogens is 162 g/mol. The quantitative estimate of drug-likeness (QED) is 0.680. The van der Waals surface area contributed by atoms with Gasteiger partial charge in [0, 0.05) is 12.2 Å². The van der Waals surface area contributed by atoms with E-state index in [0.717, 1.165) is 12.2 Å². The van der Waals surface area contributed by atoms with Crippen LogP contribution in [0.15, 0.2) is 24.0 Å². The molecule has 0 spiro atoms. The molecule has 74 valence electrons. The summed E-state index contributed by atoms with van der Waals surface area (Å²) in [7, 11) is 2.09. The van der Waals surface area contributed by atoms with Crippen molar-refractivity contribution in [3.05, 3.63) is 24.0 Å². The van der Waals surface area contributed by atoms with Crippen LogP contribution in [0, 0.1) is 0 Å². The molecule has 1 aliphatic heterocycles. The molecule has 3 nitrogen and oxygen atoms in total. The van der Waals surface area contributed by atoms with E-state index < -0.39 is 0 Å². The van der Waals surface area contributed by atoms with Crippen LogP contribution in [0.2, 0.25) is 0 Å². The number of dihydropyridines is 1. The molecule has 1 unspecified atom stereocenters. The summed E-state index contributed by atoms with van der Waals surface area (Å²) >= 11 is 0. The minimum atomic E-state index is 0.177. The maximum Gasteiger partial charge on any atom is 0.120 e. The Morgan fingerprint density at radius 2 is 2.38 bits per heavy atom. The lowest BCUT2D eigenvalue weighted by Gasteiger charge is -2.30. The van der Waals surface area contributed by atoms with Crippen molar-refractivity contribution >= 4 is 0 Å². The normalized spacial score (nSPS) is 21.5. The van der Waals surface area contributed by atoms with Crippen LogP contribution >= 0.6 is 0 Å². The van der Waals surface area contributed by atoms with Crippen LogP contribution < -0.4 is 11.1 Å². The van der Waals surface area contributed by atoms with E-state index in [2.05, 4.69) is 24.2 Å². The second-order valence-corrected chi connectivity index (χ2v) is 3.43. The van der Waals surface area contributed by atoms with Gasteiger partial charge in [0.05, 0.1) is 0 Å².